The number of H-pyrrole nitrogens is 1. The fraction of sp³-hybridized carbons (Fsp3) is 0.333. The van der Waals surface area contributed by atoms with Crippen LogP contribution in [-0.4, -0.2) is 40.9 Å². The normalized spacial score (nSPS) is 11.4. The molecule has 0 atom stereocenters. The van der Waals surface area contributed by atoms with Crippen molar-refractivity contribution in [2.45, 2.75) is 19.9 Å². The predicted molar refractivity (Wildman–Crippen MR) is 114 cm³/mol. The van der Waals surface area contributed by atoms with E-state index in [1.54, 1.807) is 19.2 Å². The van der Waals surface area contributed by atoms with Crippen LogP contribution in [0.25, 0.3) is 10.9 Å². The Bertz CT molecular complexity index is 870. The largest absolute Gasteiger partial charge is 0.361 e. The highest BCUT2D eigenvalue weighted by molar-refractivity contribution is 14.0. The summed E-state index contributed by atoms with van der Waals surface area (Å²) in [5.74, 6) is 0.530. The molecule has 0 bridgehead atoms. The zero-order chi connectivity index (χ0) is 17.6. The van der Waals surface area contributed by atoms with Crippen LogP contribution < -0.4 is 10.6 Å². The molecule has 2 heterocycles. The summed E-state index contributed by atoms with van der Waals surface area (Å²) in [5.41, 5.74) is 3.19. The zero-order valence-corrected chi connectivity index (χ0v) is 17.3. The van der Waals surface area contributed by atoms with Crippen molar-refractivity contribution in [2.24, 2.45) is 4.99 Å². The van der Waals surface area contributed by atoms with E-state index in [1.165, 1.54) is 6.07 Å². The van der Waals surface area contributed by atoms with Gasteiger partial charge in [-0.2, -0.15) is 5.10 Å². The molecule has 3 N–H and O–H groups in total. The molecule has 1 aromatic carbocycles. The summed E-state index contributed by atoms with van der Waals surface area (Å²) >= 11 is 0. The lowest BCUT2D eigenvalue weighted by molar-refractivity contribution is 0.597. The Morgan fingerprint density at radius 3 is 2.85 bits per heavy atom. The Morgan fingerprint density at radius 2 is 2.12 bits per heavy atom. The average Bonchev–Trinajstić information content (AvgIpc) is 3.19. The second-order valence-electron chi connectivity index (χ2n) is 5.96. The van der Waals surface area contributed by atoms with Gasteiger partial charge in [-0.1, -0.05) is 0 Å². The highest BCUT2D eigenvalue weighted by atomic mass is 127. The number of aliphatic imine (C=N–C) groups is 1. The van der Waals surface area contributed by atoms with Gasteiger partial charge in [0.05, 0.1) is 12.7 Å². The van der Waals surface area contributed by atoms with Gasteiger partial charge >= 0.3 is 0 Å². The van der Waals surface area contributed by atoms with Crippen molar-refractivity contribution in [3.63, 3.8) is 0 Å². The standard InChI is InChI=1S/C18H23FN6.HI/c1-13-10-24-25(12-13)8-7-22-18(20-2)21-6-5-14-11-23-17-4-3-15(19)9-16(14)17;/h3-4,9-12,23H,5-8H2,1-2H3,(H2,20,21,22);1H. The van der Waals surface area contributed by atoms with E-state index >= 15 is 0 Å². The first-order chi connectivity index (χ1) is 12.2. The van der Waals surface area contributed by atoms with Crippen LogP contribution in [0.2, 0.25) is 0 Å². The van der Waals surface area contributed by atoms with Gasteiger partial charge in [0, 0.05) is 43.4 Å². The number of aromatic amines is 1. The van der Waals surface area contributed by atoms with Crippen LogP contribution in [0.1, 0.15) is 11.1 Å². The minimum Gasteiger partial charge on any atom is -0.361 e. The lowest BCUT2D eigenvalue weighted by Gasteiger charge is -2.11. The van der Waals surface area contributed by atoms with Gasteiger partial charge in [0.1, 0.15) is 5.82 Å². The molecule has 0 aliphatic heterocycles. The van der Waals surface area contributed by atoms with E-state index in [0.717, 1.165) is 47.5 Å². The van der Waals surface area contributed by atoms with E-state index in [4.69, 9.17) is 0 Å². The maximum Gasteiger partial charge on any atom is 0.191 e. The van der Waals surface area contributed by atoms with Crippen LogP contribution in [0.5, 0.6) is 0 Å². The summed E-state index contributed by atoms with van der Waals surface area (Å²) in [5, 5.41) is 11.7. The van der Waals surface area contributed by atoms with Crippen molar-refractivity contribution in [1.82, 2.24) is 25.4 Å². The topological polar surface area (TPSA) is 70.0 Å². The van der Waals surface area contributed by atoms with Crippen LogP contribution in [-0.2, 0) is 13.0 Å². The minimum absolute atomic E-state index is 0. The predicted octanol–water partition coefficient (Wildman–Crippen LogP) is 2.84. The zero-order valence-electron chi connectivity index (χ0n) is 14.9. The van der Waals surface area contributed by atoms with E-state index in [0.29, 0.717) is 6.54 Å². The number of hydrogen-bond acceptors (Lipinski definition) is 2. The van der Waals surface area contributed by atoms with Gasteiger partial charge in [-0.25, -0.2) is 4.39 Å². The summed E-state index contributed by atoms with van der Waals surface area (Å²) in [4.78, 5) is 7.39. The van der Waals surface area contributed by atoms with E-state index < -0.39 is 0 Å². The monoisotopic (exact) mass is 470 g/mol. The van der Waals surface area contributed by atoms with Gasteiger partial charge in [-0.15, -0.1) is 24.0 Å². The van der Waals surface area contributed by atoms with Gasteiger partial charge in [-0.3, -0.25) is 9.67 Å². The fourth-order valence-corrected chi connectivity index (χ4v) is 2.77. The lowest BCUT2D eigenvalue weighted by Crippen LogP contribution is -2.39. The van der Waals surface area contributed by atoms with E-state index in [2.05, 4.69) is 25.7 Å². The molecule has 0 saturated carbocycles. The van der Waals surface area contributed by atoms with Crippen molar-refractivity contribution in [3.8, 4) is 0 Å². The lowest BCUT2D eigenvalue weighted by atomic mass is 10.1. The van der Waals surface area contributed by atoms with E-state index in [1.807, 2.05) is 30.2 Å². The van der Waals surface area contributed by atoms with E-state index in [-0.39, 0.29) is 29.8 Å². The van der Waals surface area contributed by atoms with E-state index in [9.17, 15) is 4.39 Å². The molecular formula is C18H24FIN6. The first-order valence-electron chi connectivity index (χ1n) is 8.35. The molecule has 0 fully saturated rings. The van der Waals surface area contributed by atoms with Crippen LogP contribution in [0.3, 0.4) is 0 Å². The summed E-state index contributed by atoms with van der Waals surface area (Å²) in [6.07, 6.45) is 6.57. The molecular weight excluding hydrogens is 446 g/mol. The number of nitrogens with one attached hydrogen (secondary N) is 3. The first kappa shape index (κ1) is 20.2. The molecule has 0 spiro atoms. The molecule has 6 nitrogen and oxygen atoms in total. The molecule has 8 heteroatoms. The maximum atomic E-state index is 13.4. The molecule has 26 heavy (non-hydrogen) atoms. The van der Waals surface area contributed by atoms with Crippen molar-refractivity contribution < 1.29 is 4.39 Å². The van der Waals surface area contributed by atoms with Crippen molar-refractivity contribution in [1.29, 1.82) is 0 Å². The van der Waals surface area contributed by atoms with Crippen LogP contribution in [0.15, 0.2) is 41.8 Å². The molecule has 0 amide bonds. The number of aryl methyl sites for hydroxylation is 1. The maximum absolute atomic E-state index is 13.4. The van der Waals surface area contributed by atoms with Crippen LogP contribution in [0.4, 0.5) is 4.39 Å². The highest BCUT2D eigenvalue weighted by Crippen LogP contribution is 2.19. The summed E-state index contributed by atoms with van der Waals surface area (Å²) in [6, 6.07) is 4.80. The molecule has 0 aliphatic rings. The number of rotatable bonds is 6. The Morgan fingerprint density at radius 1 is 1.31 bits per heavy atom. The third kappa shape index (κ3) is 5.20. The molecule has 0 radical (unpaired) electrons. The second-order valence-corrected chi connectivity index (χ2v) is 5.96. The SMILES string of the molecule is CN=C(NCCc1c[nH]c2ccc(F)cc12)NCCn1cc(C)cn1.I. The van der Waals surface area contributed by atoms with Crippen molar-refractivity contribution in [3.05, 3.63) is 53.7 Å². The summed E-state index contributed by atoms with van der Waals surface area (Å²) in [6.45, 7) is 4.24. The Balaban J connectivity index is 0.00000243. The molecule has 3 aromatic rings. The second kappa shape index (κ2) is 9.56. The Kier molecular flexibility index (Phi) is 7.43. The number of nitrogens with zero attached hydrogens (tertiary/aromatic N) is 3. The first-order valence-corrected chi connectivity index (χ1v) is 8.35. The number of aromatic nitrogens is 3. The van der Waals surface area contributed by atoms with Crippen molar-refractivity contribution in [2.75, 3.05) is 20.1 Å². The molecule has 0 unspecified atom stereocenters. The highest BCUT2D eigenvalue weighted by Gasteiger charge is 2.05. The quantitative estimate of drug-likeness (QED) is 0.295. The Labute approximate surface area is 169 Å². The number of hydrogen-bond donors (Lipinski definition) is 3. The number of halogens is 2. The third-order valence-electron chi connectivity index (χ3n) is 4.04. The third-order valence-corrected chi connectivity index (χ3v) is 4.04. The molecule has 0 aliphatic carbocycles. The number of guanidine groups is 1. The molecule has 2 aromatic heterocycles. The Hall–Kier alpha value is -2.10. The average molecular weight is 470 g/mol. The summed E-state index contributed by atoms with van der Waals surface area (Å²) < 4.78 is 15.3. The fourth-order valence-electron chi connectivity index (χ4n) is 2.77. The summed E-state index contributed by atoms with van der Waals surface area (Å²) in [7, 11) is 1.74. The van der Waals surface area contributed by atoms with Gasteiger partial charge in [0.15, 0.2) is 5.96 Å². The van der Waals surface area contributed by atoms with Gasteiger partial charge in [-0.05, 0) is 42.7 Å². The minimum atomic E-state index is -0.215. The van der Waals surface area contributed by atoms with Gasteiger partial charge in [0.25, 0.3) is 0 Å². The van der Waals surface area contributed by atoms with Crippen LogP contribution in [0, 0.1) is 12.7 Å². The smallest absolute Gasteiger partial charge is 0.191 e. The molecule has 0 saturated heterocycles. The number of benzene rings is 1. The van der Waals surface area contributed by atoms with Crippen molar-refractivity contribution >= 4 is 40.8 Å². The number of fused-ring (bicyclic) bond motifs is 1. The van der Waals surface area contributed by atoms with Gasteiger partial charge < -0.3 is 15.6 Å². The molecule has 3 rings (SSSR count). The molecule has 140 valence electrons. The van der Waals surface area contributed by atoms with Crippen LogP contribution >= 0.6 is 24.0 Å². The van der Waals surface area contributed by atoms with Gasteiger partial charge in [0.2, 0.25) is 0 Å².